The number of hydrogen-bond donors (Lipinski definition) is 1. The molecule has 0 bridgehead atoms. The van der Waals surface area contributed by atoms with Crippen molar-refractivity contribution in [2.75, 3.05) is 0 Å². The number of rotatable bonds is 2. The number of amides is 1. The van der Waals surface area contributed by atoms with Crippen LogP contribution in [0.4, 0.5) is 0 Å². The summed E-state index contributed by atoms with van der Waals surface area (Å²) in [5.74, 6) is -0.0141. The Morgan fingerprint density at radius 3 is 2.83 bits per heavy atom. The lowest BCUT2D eigenvalue weighted by molar-refractivity contribution is -0.119. The minimum atomic E-state index is -0.0141. The van der Waals surface area contributed by atoms with Gasteiger partial charge in [-0.05, 0) is 18.6 Å². The largest absolute Gasteiger partial charge is 0.350 e. The normalized spacial score (nSPS) is 12.2. The van der Waals surface area contributed by atoms with Gasteiger partial charge in [0.25, 0.3) is 0 Å². The number of carbonyl (C=O) groups excluding carboxylic acids is 1. The summed E-state index contributed by atoms with van der Waals surface area (Å²) in [6.45, 7) is 3.45. The molecule has 1 amide bonds. The van der Waals surface area contributed by atoms with Crippen molar-refractivity contribution >= 4 is 5.91 Å². The molecule has 0 aliphatic heterocycles. The summed E-state index contributed by atoms with van der Waals surface area (Å²) in [7, 11) is 0. The molecule has 1 N–H and O–H groups in total. The van der Waals surface area contributed by atoms with Crippen LogP contribution in [0.3, 0.4) is 0 Å². The molecule has 1 rings (SSSR count). The van der Waals surface area contributed by atoms with E-state index in [1.54, 1.807) is 0 Å². The molecule has 12 heavy (non-hydrogen) atoms. The first-order valence-corrected chi connectivity index (χ1v) is 3.94. The molecule has 0 fully saturated rings. The van der Waals surface area contributed by atoms with Crippen LogP contribution in [0.1, 0.15) is 25.5 Å². The van der Waals surface area contributed by atoms with Crippen LogP contribution < -0.4 is 5.32 Å². The molecular weight excluding hydrogens is 150 g/mol. The molecule has 2 heteroatoms. The van der Waals surface area contributed by atoms with Gasteiger partial charge in [-0.25, -0.2) is 0 Å². The van der Waals surface area contributed by atoms with Gasteiger partial charge in [0.1, 0.15) is 0 Å². The maximum atomic E-state index is 10.7. The zero-order valence-electron chi connectivity index (χ0n) is 7.29. The van der Waals surface area contributed by atoms with Crippen LogP contribution in [0.5, 0.6) is 0 Å². The summed E-state index contributed by atoms with van der Waals surface area (Å²) < 4.78 is 0. The number of nitrogens with one attached hydrogen (secondary N) is 1. The van der Waals surface area contributed by atoms with Gasteiger partial charge in [-0.1, -0.05) is 24.3 Å². The van der Waals surface area contributed by atoms with E-state index in [9.17, 15) is 4.79 Å². The van der Waals surface area contributed by atoms with E-state index >= 15 is 0 Å². The van der Waals surface area contributed by atoms with E-state index in [1.165, 1.54) is 6.92 Å². The molecule has 63 valence electrons. The minimum absolute atomic E-state index is 0.0141. The predicted molar refractivity (Wildman–Crippen MR) is 47.5 cm³/mol. The maximum Gasteiger partial charge on any atom is 0.217 e. The van der Waals surface area contributed by atoms with Crippen molar-refractivity contribution in [2.24, 2.45) is 0 Å². The fraction of sp³-hybridized carbons (Fsp3) is 0.300. The molecule has 1 aromatic carbocycles. The van der Waals surface area contributed by atoms with Gasteiger partial charge in [-0.3, -0.25) is 4.79 Å². The van der Waals surface area contributed by atoms with Crippen LogP contribution in [0.2, 0.25) is 0 Å². The molecule has 0 aliphatic carbocycles. The van der Waals surface area contributed by atoms with E-state index in [-0.39, 0.29) is 11.9 Å². The molecule has 1 aromatic rings. The van der Waals surface area contributed by atoms with Crippen LogP contribution >= 0.6 is 0 Å². The molecule has 1 atom stereocenters. The van der Waals surface area contributed by atoms with Gasteiger partial charge in [-0.2, -0.15) is 0 Å². The first-order chi connectivity index (χ1) is 5.70. The van der Waals surface area contributed by atoms with Crippen molar-refractivity contribution in [1.29, 1.82) is 0 Å². The topological polar surface area (TPSA) is 29.1 Å². The molecule has 1 unspecified atom stereocenters. The molecule has 2 nitrogen and oxygen atoms in total. The highest BCUT2D eigenvalue weighted by atomic mass is 16.1. The van der Waals surface area contributed by atoms with Crippen molar-refractivity contribution in [2.45, 2.75) is 19.9 Å². The Morgan fingerprint density at radius 2 is 2.33 bits per heavy atom. The van der Waals surface area contributed by atoms with Gasteiger partial charge in [0.2, 0.25) is 5.91 Å². The molecule has 0 saturated carbocycles. The fourth-order valence-electron chi connectivity index (χ4n) is 1.06. The average Bonchev–Trinajstić information content (AvgIpc) is 2.05. The summed E-state index contributed by atoms with van der Waals surface area (Å²) in [5, 5.41) is 2.79. The van der Waals surface area contributed by atoms with Crippen molar-refractivity contribution in [3.63, 3.8) is 0 Å². The molecule has 0 spiro atoms. The van der Waals surface area contributed by atoms with Gasteiger partial charge < -0.3 is 5.32 Å². The summed E-state index contributed by atoms with van der Waals surface area (Å²) in [4.78, 5) is 10.7. The average molecular weight is 162 g/mol. The molecule has 0 aliphatic rings. The van der Waals surface area contributed by atoms with E-state index < -0.39 is 0 Å². The summed E-state index contributed by atoms with van der Waals surface area (Å²) in [6, 6.07) is 10.7. The van der Waals surface area contributed by atoms with E-state index in [2.05, 4.69) is 11.4 Å². The zero-order valence-corrected chi connectivity index (χ0v) is 7.29. The molecule has 0 aromatic heterocycles. The number of hydrogen-bond acceptors (Lipinski definition) is 1. The Balaban J connectivity index is 2.65. The smallest absolute Gasteiger partial charge is 0.217 e. The van der Waals surface area contributed by atoms with E-state index in [0.29, 0.717) is 0 Å². The van der Waals surface area contributed by atoms with Crippen LogP contribution in [0.25, 0.3) is 0 Å². The monoisotopic (exact) mass is 162 g/mol. The van der Waals surface area contributed by atoms with Crippen molar-refractivity contribution in [3.8, 4) is 0 Å². The van der Waals surface area contributed by atoms with Gasteiger partial charge in [0.05, 0.1) is 6.04 Å². The highest BCUT2D eigenvalue weighted by Gasteiger charge is 2.04. The summed E-state index contributed by atoms with van der Waals surface area (Å²) >= 11 is 0. The van der Waals surface area contributed by atoms with Crippen LogP contribution in [-0.4, -0.2) is 5.91 Å². The SMILES string of the molecule is CC(=O)NC(C)c1[c]cccc1. The Morgan fingerprint density at radius 1 is 1.58 bits per heavy atom. The predicted octanol–water partition coefficient (Wildman–Crippen LogP) is 1.68. The Kier molecular flexibility index (Phi) is 2.86. The van der Waals surface area contributed by atoms with Crippen LogP contribution in [0, 0.1) is 6.07 Å². The maximum absolute atomic E-state index is 10.7. The zero-order chi connectivity index (χ0) is 8.97. The van der Waals surface area contributed by atoms with E-state index in [1.807, 2.05) is 31.2 Å². The van der Waals surface area contributed by atoms with Crippen LogP contribution in [-0.2, 0) is 4.79 Å². The summed E-state index contributed by atoms with van der Waals surface area (Å²) in [6.07, 6.45) is 0. The molecular formula is C10H12NO. The van der Waals surface area contributed by atoms with Crippen molar-refractivity contribution in [1.82, 2.24) is 5.32 Å². The Bertz CT molecular complexity index is 256. The van der Waals surface area contributed by atoms with Crippen molar-refractivity contribution in [3.05, 3.63) is 35.9 Å². The summed E-state index contributed by atoms with van der Waals surface area (Å²) in [5.41, 5.74) is 1.01. The Labute approximate surface area is 72.6 Å². The van der Waals surface area contributed by atoms with E-state index in [0.717, 1.165) is 5.56 Å². The molecule has 1 radical (unpaired) electrons. The lowest BCUT2D eigenvalue weighted by Crippen LogP contribution is -2.23. The molecule has 0 saturated heterocycles. The molecule has 0 heterocycles. The lowest BCUT2D eigenvalue weighted by Gasteiger charge is -2.11. The number of carbonyl (C=O) groups is 1. The first-order valence-electron chi connectivity index (χ1n) is 3.94. The first kappa shape index (κ1) is 8.78. The van der Waals surface area contributed by atoms with Crippen molar-refractivity contribution < 1.29 is 4.79 Å². The second kappa shape index (κ2) is 3.90. The lowest BCUT2D eigenvalue weighted by atomic mass is 10.1. The third-order valence-corrected chi connectivity index (χ3v) is 1.62. The van der Waals surface area contributed by atoms with E-state index in [4.69, 9.17) is 0 Å². The third kappa shape index (κ3) is 2.38. The third-order valence-electron chi connectivity index (χ3n) is 1.62. The second-order valence-electron chi connectivity index (χ2n) is 2.74. The van der Waals surface area contributed by atoms with Gasteiger partial charge >= 0.3 is 0 Å². The highest BCUT2D eigenvalue weighted by molar-refractivity contribution is 5.73. The van der Waals surface area contributed by atoms with Gasteiger partial charge in [0, 0.05) is 6.92 Å². The van der Waals surface area contributed by atoms with Crippen LogP contribution in [0.15, 0.2) is 24.3 Å². The highest BCUT2D eigenvalue weighted by Crippen LogP contribution is 2.09. The van der Waals surface area contributed by atoms with Gasteiger partial charge in [0.15, 0.2) is 0 Å². The standard InChI is InChI=1S/C10H12NO/c1-8(11-9(2)12)10-6-4-3-5-7-10/h3-6,8H,1-2H3,(H,11,12). The van der Waals surface area contributed by atoms with Gasteiger partial charge in [-0.15, -0.1) is 0 Å². The fourth-order valence-corrected chi connectivity index (χ4v) is 1.06. The minimum Gasteiger partial charge on any atom is -0.350 e. The second-order valence-corrected chi connectivity index (χ2v) is 2.74. The number of benzene rings is 1. The Hall–Kier alpha value is -1.31. The quantitative estimate of drug-likeness (QED) is 0.704.